The van der Waals surface area contributed by atoms with Gasteiger partial charge in [-0.05, 0) is 23.8 Å². The fourth-order valence-electron chi connectivity index (χ4n) is 2.57. The largest absolute Gasteiger partial charge is 0.354 e. The van der Waals surface area contributed by atoms with Crippen LogP contribution in [0.2, 0.25) is 5.02 Å². The van der Waals surface area contributed by atoms with Crippen LogP contribution in [0.3, 0.4) is 0 Å². The van der Waals surface area contributed by atoms with E-state index in [4.69, 9.17) is 11.6 Å². The van der Waals surface area contributed by atoms with Crippen molar-refractivity contribution >= 4 is 29.3 Å². The lowest BCUT2D eigenvalue weighted by atomic mass is 10.1. The van der Waals surface area contributed by atoms with E-state index in [0.717, 1.165) is 11.3 Å². The summed E-state index contributed by atoms with van der Waals surface area (Å²) in [6, 6.07) is 20.4. The Kier molecular flexibility index (Phi) is 7.28. The fraction of sp³-hybridized carbons (Fsp3) is 0.190. The first-order valence-corrected chi connectivity index (χ1v) is 10.4. The van der Waals surface area contributed by atoms with E-state index in [1.165, 1.54) is 16.3 Å². The van der Waals surface area contributed by atoms with Gasteiger partial charge in [0.05, 0.1) is 18.0 Å². The molecule has 0 aliphatic heterocycles. The third-order valence-corrected chi connectivity index (χ3v) is 5.25. The number of carbonyl (C=O) groups is 1. The maximum atomic E-state index is 12.0. The lowest BCUT2D eigenvalue weighted by Gasteiger charge is -2.09. The van der Waals surface area contributed by atoms with Gasteiger partial charge in [0.25, 0.3) is 5.56 Å². The molecule has 28 heavy (non-hydrogen) atoms. The van der Waals surface area contributed by atoms with Crippen LogP contribution in [-0.4, -0.2) is 28.0 Å². The lowest BCUT2D eigenvalue weighted by Crippen LogP contribution is -2.32. The monoisotopic (exact) mass is 413 g/mol. The summed E-state index contributed by atoms with van der Waals surface area (Å²) >= 11 is 7.46. The van der Waals surface area contributed by atoms with Gasteiger partial charge in [-0.3, -0.25) is 9.59 Å². The Morgan fingerprint density at radius 3 is 2.54 bits per heavy atom. The summed E-state index contributed by atoms with van der Waals surface area (Å²) in [5.41, 5.74) is 2.54. The highest BCUT2D eigenvalue weighted by atomic mass is 35.5. The average Bonchev–Trinajstić information content (AvgIpc) is 2.71. The van der Waals surface area contributed by atoms with Crippen LogP contribution in [0.1, 0.15) is 5.56 Å². The molecule has 1 heterocycles. The summed E-state index contributed by atoms with van der Waals surface area (Å²) in [6.45, 7) is 0.664. The molecule has 0 spiro atoms. The van der Waals surface area contributed by atoms with Crippen molar-refractivity contribution in [2.45, 2.75) is 12.3 Å². The molecular formula is C21H20ClN3O2S. The molecule has 0 saturated heterocycles. The van der Waals surface area contributed by atoms with Crippen molar-refractivity contribution in [1.82, 2.24) is 15.1 Å². The molecule has 0 radical (unpaired) electrons. The summed E-state index contributed by atoms with van der Waals surface area (Å²) in [5, 5.41) is 7.85. The minimum Gasteiger partial charge on any atom is -0.354 e. The predicted octanol–water partition coefficient (Wildman–Crippen LogP) is 3.61. The van der Waals surface area contributed by atoms with Gasteiger partial charge in [0.2, 0.25) is 5.91 Å². The number of aromatic nitrogens is 2. The first kappa shape index (κ1) is 20.2. The number of benzene rings is 2. The molecule has 0 aliphatic rings. The molecule has 2 aromatic carbocycles. The Morgan fingerprint density at radius 2 is 1.79 bits per heavy atom. The van der Waals surface area contributed by atoms with Gasteiger partial charge in [-0.25, -0.2) is 4.68 Å². The van der Waals surface area contributed by atoms with Gasteiger partial charge in [-0.1, -0.05) is 54.1 Å². The van der Waals surface area contributed by atoms with Gasteiger partial charge in [0, 0.05) is 29.0 Å². The van der Waals surface area contributed by atoms with Crippen molar-refractivity contribution in [1.29, 1.82) is 0 Å². The SMILES string of the molecule is O=C(CSCc1ccccc1)NCCn1nc(-c2ccc(Cl)cc2)ccc1=O. The number of hydrogen-bond acceptors (Lipinski definition) is 4. The van der Waals surface area contributed by atoms with E-state index in [0.29, 0.717) is 29.6 Å². The van der Waals surface area contributed by atoms with Crippen LogP contribution >= 0.6 is 23.4 Å². The van der Waals surface area contributed by atoms with Crippen molar-refractivity contribution in [3.05, 3.63) is 87.7 Å². The minimum atomic E-state index is -0.203. The molecule has 7 heteroatoms. The van der Waals surface area contributed by atoms with Crippen molar-refractivity contribution < 1.29 is 4.79 Å². The number of thioether (sulfide) groups is 1. The second kappa shape index (κ2) is 10.1. The highest BCUT2D eigenvalue weighted by Gasteiger charge is 2.05. The zero-order valence-electron chi connectivity index (χ0n) is 15.2. The van der Waals surface area contributed by atoms with Crippen LogP contribution in [-0.2, 0) is 17.1 Å². The molecule has 0 aliphatic carbocycles. The zero-order chi connectivity index (χ0) is 19.8. The molecule has 3 aromatic rings. The molecule has 0 atom stereocenters. The molecule has 3 rings (SSSR count). The molecule has 0 fully saturated rings. The Labute approximate surface area is 172 Å². The lowest BCUT2D eigenvalue weighted by molar-refractivity contribution is -0.118. The fourth-order valence-corrected chi connectivity index (χ4v) is 3.52. The molecule has 1 N–H and O–H groups in total. The second-order valence-corrected chi connectivity index (χ2v) is 7.54. The molecular weight excluding hydrogens is 394 g/mol. The van der Waals surface area contributed by atoms with Gasteiger partial charge < -0.3 is 5.32 Å². The number of hydrogen-bond donors (Lipinski definition) is 1. The van der Waals surface area contributed by atoms with Gasteiger partial charge in [-0.2, -0.15) is 5.10 Å². The normalized spacial score (nSPS) is 10.6. The number of nitrogens with zero attached hydrogens (tertiary/aromatic N) is 2. The maximum absolute atomic E-state index is 12.0. The third-order valence-electron chi connectivity index (χ3n) is 4.00. The number of amides is 1. The maximum Gasteiger partial charge on any atom is 0.266 e. The van der Waals surface area contributed by atoms with E-state index >= 15 is 0 Å². The molecule has 144 valence electrons. The minimum absolute atomic E-state index is 0.0529. The smallest absolute Gasteiger partial charge is 0.266 e. The Bertz CT molecular complexity index is 975. The quantitative estimate of drug-likeness (QED) is 0.612. The van der Waals surface area contributed by atoms with Gasteiger partial charge in [-0.15, -0.1) is 11.8 Å². The third kappa shape index (κ3) is 5.97. The number of rotatable bonds is 8. The van der Waals surface area contributed by atoms with Gasteiger partial charge in [0.15, 0.2) is 0 Å². The Morgan fingerprint density at radius 1 is 1.04 bits per heavy atom. The average molecular weight is 414 g/mol. The predicted molar refractivity (Wildman–Crippen MR) is 115 cm³/mol. The van der Waals surface area contributed by atoms with E-state index in [-0.39, 0.29) is 11.5 Å². The number of halogens is 1. The Balaban J connectivity index is 1.48. The molecule has 0 unspecified atom stereocenters. The molecule has 1 aromatic heterocycles. The van der Waals surface area contributed by atoms with Crippen molar-refractivity contribution in [3.8, 4) is 11.3 Å². The second-order valence-electron chi connectivity index (χ2n) is 6.12. The molecule has 0 bridgehead atoms. The van der Waals surface area contributed by atoms with E-state index in [2.05, 4.69) is 10.4 Å². The zero-order valence-corrected chi connectivity index (χ0v) is 16.7. The number of carbonyl (C=O) groups excluding carboxylic acids is 1. The standard InChI is InChI=1S/C21H20ClN3O2S/c22-18-8-6-17(7-9-18)19-10-11-21(27)25(24-19)13-12-23-20(26)15-28-14-16-4-2-1-3-5-16/h1-11H,12-15H2,(H,23,26). The summed E-state index contributed by atoms with van der Waals surface area (Å²) in [7, 11) is 0. The van der Waals surface area contributed by atoms with Gasteiger partial charge in [0.1, 0.15) is 0 Å². The molecule has 5 nitrogen and oxygen atoms in total. The highest BCUT2D eigenvalue weighted by molar-refractivity contribution is 7.99. The van der Waals surface area contributed by atoms with Crippen molar-refractivity contribution in [2.24, 2.45) is 0 Å². The summed E-state index contributed by atoms with van der Waals surface area (Å²) in [4.78, 5) is 24.0. The van der Waals surface area contributed by atoms with Crippen LogP contribution in [0.25, 0.3) is 11.3 Å². The summed E-state index contributed by atoms with van der Waals surface area (Å²) in [5.74, 6) is 1.11. The van der Waals surface area contributed by atoms with Crippen LogP contribution < -0.4 is 10.9 Å². The van der Waals surface area contributed by atoms with Crippen LogP contribution in [0, 0.1) is 0 Å². The van der Waals surface area contributed by atoms with E-state index in [1.54, 1.807) is 30.0 Å². The topological polar surface area (TPSA) is 64.0 Å². The number of nitrogens with one attached hydrogen (secondary N) is 1. The highest BCUT2D eigenvalue weighted by Crippen LogP contribution is 2.18. The molecule has 0 saturated carbocycles. The van der Waals surface area contributed by atoms with Gasteiger partial charge >= 0.3 is 0 Å². The van der Waals surface area contributed by atoms with Crippen molar-refractivity contribution in [2.75, 3.05) is 12.3 Å². The van der Waals surface area contributed by atoms with Crippen molar-refractivity contribution in [3.63, 3.8) is 0 Å². The van der Waals surface area contributed by atoms with Crippen LogP contribution in [0.5, 0.6) is 0 Å². The summed E-state index contributed by atoms with van der Waals surface area (Å²) in [6.07, 6.45) is 0. The van der Waals surface area contributed by atoms with Crippen LogP contribution in [0.15, 0.2) is 71.5 Å². The summed E-state index contributed by atoms with van der Waals surface area (Å²) < 4.78 is 1.36. The van der Waals surface area contributed by atoms with E-state index < -0.39 is 0 Å². The molecule has 1 amide bonds. The van der Waals surface area contributed by atoms with E-state index in [1.807, 2.05) is 42.5 Å². The van der Waals surface area contributed by atoms with E-state index in [9.17, 15) is 9.59 Å². The first-order chi connectivity index (χ1) is 13.6. The first-order valence-electron chi connectivity index (χ1n) is 8.84. The van der Waals surface area contributed by atoms with Crippen LogP contribution in [0.4, 0.5) is 0 Å². The Hall–Kier alpha value is -2.57.